The number of carbonyl (C=O) groups is 3. The Morgan fingerprint density at radius 2 is 1.62 bits per heavy atom. The number of amides is 3. The van der Waals surface area contributed by atoms with Gasteiger partial charge >= 0.3 is 0 Å². The number of hydrogen-bond acceptors (Lipinski definition) is 3. The van der Waals surface area contributed by atoms with Gasteiger partial charge in [0.15, 0.2) is 0 Å². The summed E-state index contributed by atoms with van der Waals surface area (Å²) < 4.78 is 0. The summed E-state index contributed by atoms with van der Waals surface area (Å²) in [5.41, 5.74) is 1.44. The fourth-order valence-electron chi connectivity index (χ4n) is 2.29. The lowest BCUT2D eigenvalue weighted by Gasteiger charge is -2.22. The van der Waals surface area contributed by atoms with Crippen LogP contribution in [0.3, 0.4) is 0 Å². The van der Waals surface area contributed by atoms with E-state index in [1.54, 1.807) is 36.4 Å². The smallest absolute Gasteiger partial charge is 0.244 e. The minimum Gasteiger partial charge on any atom is -0.326 e. The van der Waals surface area contributed by atoms with Crippen molar-refractivity contribution in [3.63, 3.8) is 0 Å². The van der Waals surface area contributed by atoms with Crippen molar-refractivity contribution >= 4 is 58.0 Å². The van der Waals surface area contributed by atoms with Gasteiger partial charge in [-0.3, -0.25) is 14.4 Å². The largest absolute Gasteiger partial charge is 0.326 e. The molecule has 8 heteroatoms. The Morgan fingerprint density at radius 1 is 0.962 bits per heavy atom. The molecule has 0 aromatic heterocycles. The first-order chi connectivity index (χ1) is 12.3. The molecule has 0 unspecified atom stereocenters. The predicted molar refractivity (Wildman–Crippen MR) is 104 cm³/mol. The van der Waals surface area contributed by atoms with Crippen molar-refractivity contribution in [2.75, 3.05) is 22.1 Å². The first-order valence-electron chi connectivity index (χ1n) is 7.67. The molecular formula is C18H17Cl2N3O3. The molecule has 3 amide bonds. The molecule has 6 nitrogen and oxygen atoms in total. The maximum atomic E-state index is 12.4. The molecule has 0 aliphatic carbocycles. The molecule has 0 fully saturated rings. The maximum Gasteiger partial charge on any atom is 0.244 e. The van der Waals surface area contributed by atoms with Crippen LogP contribution in [0.15, 0.2) is 42.5 Å². The molecule has 0 spiro atoms. The number of anilines is 3. The van der Waals surface area contributed by atoms with Gasteiger partial charge in [-0.05, 0) is 36.4 Å². The van der Waals surface area contributed by atoms with E-state index < -0.39 is 5.91 Å². The lowest BCUT2D eigenvalue weighted by Crippen LogP contribution is -2.36. The molecule has 26 heavy (non-hydrogen) atoms. The predicted octanol–water partition coefficient (Wildman–Crippen LogP) is 3.94. The molecule has 0 bridgehead atoms. The molecule has 136 valence electrons. The lowest BCUT2D eigenvalue weighted by molar-refractivity contribution is -0.120. The average molecular weight is 394 g/mol. The third-order valence-corrected chi connectivity index (χ3v) is 3.89. The van der Waals surface area contributed by atoms with Crippen LogP contribution in [0.2, 0.25) is 10.0 Å². The van der Waals surface area contributed by atoms with Crippen LogP contribution in [0.5, 0.6) is 0 Å². The van der Waals surface area contributed by atoms with Gasteiger partial charge in [0.2, 0.25) is 17.7 Å². The Bertz CT molecular complexity index is 855. The van der Waals surface area contributed by atoms with Crippen molar-refractivity contribution < 1.29 is 14.4 Å². The van der Waals surface area contributed by atoms with E-state index in [4.69, 9.17) is 23.2 Å². The summed E-state index contributed by atoms with van der Waals surface area (Å²) in [6.07, 6.45) is 0. The van der Waals surface area contributed by atoms with Crippen molar-refractivity contribution in [2.45, 2.75) is 13.8 Å². The molecule has 0 saturated carbocycles. The Kier molecular flexibility index (Phi) is 6.60. The zero-order chi connectivity index (χ0) is 19.3. The Hall–Kier alpha value is -2.57. The summed E-state index contributed by atoms with van der Waals surface area (Å²) in [7, 11) is 0. The molecule has 0 aliphatic heterocycles. The van der Waals surface area contributed by atoms with E-state index in [-0.39, 0.29) is 23.4 Å². The molecule has 0 atom stereocenters. The van der Waals surface area contributed by atoms with E-state index in [9.17, 15) is 14.4 Å². The highest BCUT2D eigenvalue weighted by Gasteiger charge is 2.18. The number of nitrogens with zero attached hydrogens (tertiary/aromatic N) is 1. The molecular weight excluding hydrogens is 377 g/mol. The molecule has 2 N–H and O–H groups in total. The standard InChI is InChI=1S/C18H17Cl2N3O3/c1-11(24)21-14-4-3-5-15(9-14)22-18(26)10-23(12(2)25)17-7-6-13(19)8-16(17)20/h3-9H,10H2,1-2H3,(H,21,24)(H,22,26). The fourth-order valence-corrected chi connectivity index (χ4v) is 2.80. The summed E-state index contributed by atoms with van der Waals surface area (Å²) in [5, 5.41) is 6.02. The minimum absolute atomic E-state index is 0.214. The topological polar surface area (TPSA) is 78.5 Å². The van der Waals surface area contributed by atoms with Crippen LogP contribution < -0.4 is 15.5 Å². The third kappa shape index (κ3) is 5.47. The number of nitrogens with one attached hydrogen (secondary N) is 2. The number of halogens is 2. The van der Waals surface area contributed by atoms with E-state index in [2.05, 4.69) is 10.6 Å². The maximum absolute atomic E-state index is 12.4. The van der Waals surface area contributed by atoms with Crippen molar-refractivity contribution in [2.24, 2.45) is 0 Å². The van der Waals surface area contributed by atoms with Gasteiger partial charge in [0.25, 0.3) is 0 Å². The highest BCUT2D eigenvalue weighted by molar-refractivity contribution is 6.36. The van der Waals surface area contributed by atoms with Crippen LogP contribution in [0, 0.1) is 0 Å². The second-order valence-electron chi connectivity index (χ2n) is 5.51. The zero-order valence-electron chi connectivity index (χ0n) is 14.2. The zero-order valence-corrected chi connectivity index (χ0v) is 15.7. The highest BCUT2D eigenvalue weighted by atomic mass is 35.5. The normalized spacial score (nSPS) is 10.2. The molecule has 0 aliphatic rings. The quantitative estimate of drug-likeness (QED) is 0.806. The van der Waals surface area contributed by atoms with E-state index in [1.165, 1.54) is 24.8 Å². The Morgan fingerprint density at radius 3 is 2.19 bits per heavy atom. The summed E-state index contributed by atoms with van der Waals surface area (Å²) in [4.78, 5) is 36.7. The minimum atomic E-state index is -0.411. The number of hydrogen-bond donors (Lipinski definition) is 2. The van der Waals surface area contributed by atoms with Crippen molar-refractivity contribution in [1.29, 1.82) is 0 Å². The molecule has 0 radical (unpaired) electrons. The van der Waals surface area contributed by atoms with Gasteiger partial charge < -0.3 is 15.5 Å². The van der Waals surface area contributed by atoms with Gasteiger partial charge in [0.05, 0.1) is 10.7 Å². The summed E-state index contributed by atoms with van der Waals surface area (Å²) in [6, 6.07) is 11.4. The van der Waals surface area contributed by atoms with Crippen LogP contribution in [0.1, 0.15) is 13.8 Å². The van der Waals surface area contributed by atoms with Crippen molar-refractivity contribution in [3.05, 3.63) is 52.5 Å². The van der Waals surface area contributed by atoms with Crippen molar-refractivity contribution in [1.82, 2.24) is 0 Å². The summed E-state index contributed by atoms with van der Waals surface area (Å²) in [5.74, 6) is -0.962. The van der Waals surface area contributed by atoms with Gasteiger partial charge in [-0.15, -0.1) is 0 Å². The molecule has 2 aromatic carbocycles. The lowest BCUT2D eigenvalue weighted by atomic mass is 10.2. The summed E-state index contributed by atoms with van der Waals surface area (Å²) in [6.45, 7) is 2.52. The van der Waals surface area contributed by atoms with E-state index in [0.717, 1.165) is 0 Å². The van der Waals surface area contributed by atoms with E-state index in [0.29, 0.717) is 22.1 Å². The van der Waals surface area contributed by atoms with Crippen LogP contribution in [0.25, 0.3) is 0 Å². The first kappa shape index (κ1) is 19.8. The number of carbonyl (C=O) groups excluding carboxylic acids is 3. The summed E-state index contributed by atoms with van der Waals surface area (Å²) >= 11 is 12.0. The van der Waals surface area contributed by atoms with E-state index >= 15 is 0 Å². The van der Waals surface area contributed by atoms with Crippen LogP contribution >= 0.6 is 23.2 Å². The number of rotatable bonds is 5. The molecule has 2 rings (SSSR count). The highest BCUT2D eigenvalue weighted by Crippen LogP contribution is 2.29. The SMILES string of the molecule is CC(=O)Nc1cccc(NC(=O)CN(C(C)=O)c2ccc(Cl)cc2Cl)c1. The fraction of sp³-hybridized carbons (Fsp3) is 0.167. The monoisotopic (exact) mass is 393 g/mol. The van der Waals surface area contributed by atoms with Gasteiger partial charge in [-0.2, -0.15) is 0 Å². The van der Waals surface area contributed by atoms with E-state index in [1.807, 2.05) is 0 Å². The van der Waals surface area contributed by atoms with Gasteiger partial charge in [-0.1, -0.05) is 29.3 Å². The Balaban J connectivity index is 2.13. The Labute approximate surface area is 161 Å². The van der Waals surface area contributed by atoms with Crippen LogP contribution in [0.4, 0.5) is 17.1 Å². The second kappa shape index (κ2) is 8.69. The number of benzene rings is 2. The molecule has 0 saturated heterocycles. The molecule has 2 aromatic rings. The third-order valence-electron chi connectivity index (χ3n) is 3.35. The molecule has 0 heterocycles. The van der Waals surface area contributed by atoms with Crippen molar-refractivity contribution in [3.8, 4) is 0 Å². The van der Waals surface area contributed by atoms with Gasteiger partial charge in [-0.25, -0.2) is 0 Å². The average Bonchev–Trinajstić information content (AvgIpc) is 2.52. The van der Waals surface area contributed by atoms with Gasteiger partial charge in [0.1, 0.15) is 6.54 Å². The van der Waals surface area contributed by atoms with Crippen LogP contribution in [-0.4, -0.2) is 24.3 Å². The van der Waals surface area contributed by atoms with Crippen LogP contribution in [-0.2, 0) is 14.4 Å². The van der Waals surface area contributed by atoms with Gasteiger partial charge in [0, 0.05) is 30.2 Å². The first-order valence-corrected chi connectivity index (χ1v) is 8.42. The second-order valence-corrected chi connectivity index (χ2v) is 6.35.